The number of aliphatic carboxylic acids is 2. The van der Waals surface area contributed by atoms with Crippen molar-refractivity contribution in [2.75, 3.05) is 0 Å². The Labute approximate surface area is 81.6 Å². The molecule has 1 rings (SSSR count). The molecular formula is C10H12O4. The number of hydrogen-bond donors (Lipinski definition) is 2. The molecule has 0 fully saturated rings. The Morgan fingerprint density at radius 1 is 1.43 bits per heavy atom. The third-order valence-electron chi connectivity index (χ3n) is 2.69. The van der Waals surface area contributed by atoms with Crippen molar-refractivity contribution in [3.63, 3.8) is 0 Å². The van der Waals surface area contributed by atoms with E-state index in [4.69, 9.17) is 10.2 Å². The Hall–Kier alpha value is -1.58. The van der Waals surface area contributed by atoms with Gasteiger partial charge in [0.15, 0.2) is 0 Å². The molecule has 2 unspecified atom stereocenters. The summed E-state index contributed by atoms with van der Waals surface area (Å²) in [5, 5.41) is 17.7. The predicted octanol–water partition coefficient (Wildman–Crippen LogP) is 1.29. The van der Waals surface area contributed by atoms with Gasteiger partial charge in [0.2, 0.25) is 0 Å². The molecule has 0 heterocycles. The summed E-state index contributed by atoms with van der Waals surface area (Å²) in [4.78, 5) is 21.5. The molecule has 14 heavy (non-hydrogen) atoms. The van der Waals surface area contributed by atoms with E-state index in [1.54, 1.807) is 13.8 Å². The van der Waals surface area contributed by atoms with Crippen molar-refractivity contribution in [3.8, 4) is 0 Å². The molecule has 0 aromatic carbocycles. The molecule has 4 heteroatoms. The predicted molar refractivity (Wildman–Crippen MR) is 49.8 cm³/mol. The highest BCUT2D eigenvalue weighted by Crippen LogP contribution is 2.34. The van der Waals surface area contributed by atoms with Gasteiger partial charge in [-0.15, -0.1) is 0 Å². The van der Waals surface area contributed by atoms with Crippen molar-refractivity contribution in [2.45, 2.75) is 13.8 Å². The second kappa shape index (κ2) is 3.29. The fourth-order valence-electron chi connectivity index (χ4n) is 1.32. The highest BCUT2D eigenvalue weighted by Gasteiger charge is 2.37. The molecule has 1 aliphatic rings. The molecule has 2 atom stereocenters. The van der Waals surface area contributed by atoms with Crippen molar-refractivity contribution < 1.29 is 19.8 Å². The number of allylic oxidation sites excluding steroid dienone is 1. The Balaban J connectivity index is 3.02. The topological polar surface area (TPSA) is 74.6 Å². The maximum absolute atomic E-state index is 10.9. The van der Waals surface area contributed by atoms with Crippen LogP contribution in [-0.2, 0) is 9.59 Å². The van der Waals surface area contributed by atoms with Gasteiger partial charge in [0, 0.05) is 0 Å². The van der Waals surface area contributed by atoms with Crippen LogP contribution < -0.4 is 0 Å². The van der Waals surface area contributed by atoms with Gasteiger partial charge in [0.1, 0.15) is 0 Å². The lowest BCUT2D eigenvalue weighted by atomic mass is 9.74. The van der Waals surface area contributed by atoms with Crippen LogP contribution in [0.5, 0.6) is 0 Å². The Morgan fingerprint density at radius 3 is 2.36 bits per heavy atom. The fraction of sp³-hybridized carbons (Fsp3) is 0.400. The summed E-state index contributed by atoms with van der Waals surface area (Å²) < 4.78 is 0. The summed E-state index contributed by atoms with van der Waals surface area (Å²) in [6.07, 6.45) is 4.25. The van der Waals surface area contributed by atoms with Crippen LogP contribution in [0.4, 0.5) is 0 Å². The minimum Gasteiger partial charge on any atom is -0.481 e. The van der Waals surface area contributed by atoms with Crippen LogP contribution in [0.3, 0.4) is 0 Å². The van der Waals surface area contributed by atoms with Crippen LogP contribution in [0.1, 0.15) is 13.8 Å². The van der Waals surface area contributed by atoms with Gasteiger partial charge in [-0.3, -0.25) is 4.79 Å². The maximum Gasteiger partial charge on any atom is 0.335 e. The summed E-state index contributed by atoms with van der Waals surface area (Å²) in [5.74, 6) is -2.29. The van der Waals surface area contributed by atoms with Crippen LogP contribution >= 0.6 is 0 Å². The van der Waals surface area contributed by atoms with Crippen molar-refractivity contribution in [2.24, 2.45) is 11.3 Å². The van der Waals surface area contributed by atoms with Crippen molar-refractivity contribution >= 4 is 11.9 Å². The number of carboxylic acid groups (broad SMARTS) is 2. The van der Waals surface area contributed by atoms with Crippen LogP contribution in [0, 0.1) is 11.3 Å². The van der Waals surface area contributed by atoms with Crippen molar-refractivity contribution in [1.82, 2.24) is 0 Å². The number of rotatable bonds is 2. The minimum atomic E-state index is -1.03. The highest BCUT2D eigenvalue weighted by atomic mass is 16.4. The zero-order valence-electron chi connectivity index (χ0n) is 8.02. The van der Waals surface area contributed by atoms with Gasteiger partial charge < -0.3 is 10.2 Å². The first-order valence-corrected chi connectivity index (χ1v) is 4.25. The number of carbonyl (C=O) groups is 2. The van der Waals surface area contributed by atoms with Gasteiger partial charge in [-0.25, -0.2) is 4.79 Å². The summed E-state index contributed by atoms with van der Waals surface area (Å²) in [5.41, 5.74) is -0.852. The van der Waals surface area contributed by atoms with E-state index in [0.29, 0.717) is 0 Å². The molecule has 76 valence electrons. The smallest absolute Gasteiger partial charge is 0.335 e. The Bertz CT molecular complexity index is 340. The quantitative estimate of drug-likeness (QED) is 0.697. The molecule has 0 radical (unpaired) electrons. The lowest BCUT2D eigenvalue weighted by Crippen LogP contribution is -2.33. The molecule has 0 aromatic heterocycles. The lowest BCUT2D eigenvalue weighted by molar-refractivity contribution is -0.147. The number of carboxylic acids is 2. The van der Waals surface area contributed by atoms with Crippen LogP contribution in [0.15, 0.2) is 23.8 Å². The molecular weight excluding hydrogens is 184 g/mol. The van der Waals surface area contributed by atoms with E-state index in [1.165, 1.54) is 18.2 Å². The van der Waals surface area contributed by atoms with E-state index >= 15 is 0 Å². The minimum absolute atomic E-state index is 0.149. The Morgan fingerprint density at radius 2 is 2.00 bits per heavy atom. The summed E-state index contributed by atoms with van der Waals surface area (Å²) in [6.45, 7) is 3.27. The second-order valence-corrected chi connectivity index (χ2v) is 3.64. The van der Waals surface area contributed by atoms with Gasteiger partial charge in [0.25, 0.3) is 0 Å². The van der Waals surface area contributed by atoms with Gasteiger partial charge >= 0.3 is 11.9 Å². The first kappa shape index (κ1) is 10.5. The third kappa shape index (κ3) is 1.55. The molecule has 0 aliphatic heterocycles. The normalized spacial score (nSPS) is 31.0. The van der Waals surface area contributed by atoms with Crippen LogP contribution in [0.25, 0.3) is 0 Å². The van der Waals surface area contributed by atoms with Gasteiger partial charge in [-0.05, 0) is 12.8 Å². The average Bonchev–Trinajstić information content (AvgIpc) is 2.09. The first-order chi connectivity index (χ1) is 6.38. The van der Waals surface area contributed by atoms with E-state index in [9.17, 15) is 9.59 Å². The molecule has 0 saturated carbocycles. The van der Waals surface area contributed by atoms with E-state index < -0.39 is 17.4 Å². The summed E-state index contributed by atoms with van der Waals surface area (Å²) >= 11 is 0. The van der Waals surface area contributed by atoms with E-state index in [-0.39, 0.29) is 11.5 Å². The zero-order valence-corrected chi connectivity index (χ0v) is 8.02. The third-order valence-corrected chi connectivity index (χ3v) is 2.69. The van der Waals surface area contributed by atoms with Gasteiger partial charge in [-0.2, -0.15) is 0 Å². The lowest BCUT2D eigenvalue weighted by Gasteiger charge is -2.29. The zero-order chi connectivity index (χ0) is 10.9. The number of hydrogen-bond acceptors (Lipinski definition) is 2. The Kier molecular flexibility index (Phi) is 2.47. The SMILES string of the molecule is CC1C=C(C(=O)O)C=CC1(C)C(=O)O. The molecule has 2 N–H and O–H groups in total. The standard InChI is InChI=1S/C10H12O4/c1-6-5-7(8(11)12)3-4-10(6,2)9(13)14/h3-6H,1-2H3,(H,11,12)(H,13,14). The summed E-state index contributed by atoms with van der Waals surface area (Å²) in [7, 11) is 0. The molecule has 0 bridgehead atoms. The average molecular weight is 196 g/mol. The van der Waals surface area contributed by atoms with E-state index in [2.05, 4.69) is 0 Å². The highest BCUT2D eigenvalue weighted by molar-refractivity contribution is 5.91. The molecule has 1 aliphatic carbocycles. The second-order valence-electron chi connectivity index (χ2n) is 3.64. The van der Waals surface area contributed by atoms with Crippen molar-refractivity contribution in [1.29, 1.82) is 0 Å². The molecule has 0 amide bonds. The van der Waals surface area contributed by atoms with Crippen LogP contribution in [-0.4, -0.2) is 22.2 Å². The molecule has 0 saturated heterocycles. The first-order valence-electron chi connectivity index (χ1n) is 4.25. The molecule has 0 spiro atoms. The van der Waals surface area contributed by atoms with Gasteiger partial charge in [0.05, 0.1) is 11.0 Å². The monoisotopic (exact) mass is 196 g/mol. The van der Waals surface area contributed by atoms with Crippen LogP contribution in [0.2, 0.25) is 0 Å². The van der Waals surface area contributed by atoms with E-state index in [1.807, 2.05) is 0 Å². The van der Waals surface area contributed by atoms with Gasteiger partial charge in [-0.1, -0.05) is 25.2 Å². The van der Waals surface area contributed by atoms with Crippen molar-refractivity contribution in [3.05, 3.63) is 23.8 Å². The molecule has 4 nitrogen and oxygen atoms in total. The summed E-state index contributed by atoms with van der Waals surface area (Å²) in [6, 6.07) is 0. The van der Waals surface area contributed by atoms with E-state index in [0.717, 1.165) is 0 Å². The maximum atomic E-state index is 10.9. The largest absolute Gasteiger partial charge is 0.481 e. The fourth-order valence-corrected chi connectivity index (χ4v) is 1.32. The molecule has 0 aromatic rings.